The lowest BCUT2D eigenvalue weighted by Crippen LogP contribution is -2.47. The van der Waals surface area contributed by atoms with Crippen LogP contribution in [0.2, 0.25) is 0 Å². The quantitative estimate of drug-likeness (QED) is 0.253. The molecule has 0 bridgehead atoms. The van der Waals surface area contributed by atoms with E-state index in [2.05, 4.69) is 74.2 Å². The minimum absolute atomic E-state index is 0.0845. The van der Waals surface area contributed by atoms with Gasteiger partial charge in [-0.3, -0.25) is 9.59 Å². The number of hydrogen-bond donors (Lipinski definition) is 3. The zero-order chi connectivity index (χ0) is 33.4. The Morgan fingerprint density at radius 1 is 0.907 bits per heavy atom. The summed E-state index contributed by atoms with van der Waals surface area (Å²) in [5.41, 5.74) is 4.21. The topological polar surface area (TPSA) is 93.1 Å². The number of rotatable bonds is 9. The summed E-state index contributed by atoms with van der Waals surface area (Å²) in [6, 6.07) is 11.0. The number of likely N-dealkylation sites (tertiary alicyclic amines) is 1. The average Bonchev–Trinajstić information content (AvgIpc) is 3.00. The van der Waals surface area contributed by atoms with Crippen molar-refractivity contribution in [3.05, 3.63) is 66.2 Å². The van der Waals surface area contributed by atoms with E-state index in [1.54, 1.807) is 0 Å². The first-order chi connectivity index (χ1) is 20.7. The van der Waals surface area contributed by atoms with Crippen molar-refractivity contribution in [2.75, 3.05) is 31.5 Å². The zero-order valence-corrected chi connectivity index (χ0v) is 28.6. The number of nitrogens with one attached hydrogen (secondary N) is 1. The monoisotopic (exact) mass is 599 g/mol. The number of aromatic hydroxyl groups is 2. The zero-order valence-electron chi connectivity index (χ0n) is 28.6. The SMILES string of the molecule is C=C.CC.CC.CC(=O)Nc1cc(O)cc(O)c1.CCCN(CCC)C1CCN(C(=O)Cc2ccc(CC)c(C)c2)CC1. The third-order valence-corrected chi connectivity index (χ3v) is 6.72. The predicted octanol–water partition coefficient (Wildman–Crippen LogP) is 8.12. The first-order valence-electron chi connectivity index (χ1n) is 16.1. The number of amides is 2. The van der Waals surface area contributed by atoms with Gasteiger partial charge in [-0.1, -0.05) is 66.7 Å². The molecule has 1 saturated heterocycles. The molecule has 1 aliphatic heterocycles. The van der Waals surface area contributed by atoms with E-state index in [1.807, 2.05) is 27.7 Å². The molecule has 7 heteroatoms. The number of benzene rings is 2. The van der Waals surface area contributed by atoms with Crippen LogP contribution in [0.15, 0.2) is 49.6 Å². The molecule has 0 radical (unpaired) electrons. The third-order valence-electron chi connectivity index (χ3n) is 6.72. The van der Waals surface area contributed by atoms with E-state index >= 15 is 0 Å². The molecule has 0 aromatic heterocycles. The molecular formula is C36H61N3O4. The van der Waals surface area contributed by atoms with Gasteiger partial charge in [0.2, 0.25) is 11.8 Å². The van der Waals surface area contributed by atoms with E-state index < -0.39 is 0 Å². The number of phenolic OH excluding ortho intramolecular Hbond substituents is 2. The van der Waals surface area contributed by atoms with Gasteiger partial charge >= 0.3 is 0 Å². The molecule has 43 heavy (non-hydrogen) atoms. The number of piperidine rings is 1. The van der Waals surface area contributed by atoms with Gasteiger partial charge in [0, 0.05) is 49.9 Å². The summed E-state index contributed by atoms with van der Waals surface area (Å²) >= 11 is 0. The fourth-order valence-electron chi connectivity index (χ4n) is 4.95. The maximum Gasteiger partial charge on any atom is 0.226 e. The highest BCUT2D eigenvalue weighted by atomic mass is 16.3. The molecule has 3 rings (SSSR count). The van der Waals surface area contributed by atoms with Crippen LogP contribution in [0.4, 0.5) is 5.69 Å². The minimum atomic E-state index is -0.250. The van der Waals surface area contributed by atoms with Gasteiger partial charge in [0.05, 0.1) is 6.42 Å². The Hall–Kier alpha value is -3.32. The molecule has 0 spiro atoms. The lowest BCUT2D eigenvalue weighted by molar-refractivity contribution is -0.132. The number of phenols is 2. The molecule has 2 amide bonds. The second-order valence-electron chi connectivity index (χ2n) is 9.86. The van der Waals surface area contributed by atoms with E-state index in [0.717, 1.165) is 37.9 Å². The van der Waals surface area contributed by atoms with E-state index in [-0.39, 0.29) is 17.4 Å². The summed E-state index contributed by atoms with van der Waals surface area (Å²) in [6.45, 7) is 28.4. The van der Waals surface area contributed by atoms with Crippen LogP contribution in [-0.2, 0) is 22.4 Å². The Balaban J connectivity index is 0. The fraction of sp³-hybridized carbons (Fsp3) is 0.556. The van der Waals surface area contributed by atoms with Crippen molar-refractivity contribution in [3.63, 3.8) is 0 Å². The summed E-state index contributed by atoms with van der Waals surface area (Å²) in [5.74, 6) is -0.128. The van der Waals surface area contributed by atoms with Crippen molar-refractivity contribution in [2.24, 2.45) is 0 Å². The Bertz CT molecular complexity index is 1010. The molecule has 244 valence electrons. The van der Waals surface area contributed by atoms with Crippen LogP contribution in [0.1, 0.15) is 97.8 Å². The van der Waals surface area contributed by atoms with Crippen LogP contribution >= 0.6 is 0 Å². The molecule has 7 nitrogen and oxygen atoms in total. The van der Waals surface area contributed by atoms with Crippen LogP contribution in [0.5, 0.6) is 11.5 Å². The second kappa shape index (κ2) is 25.2. The summed E-state index contributed by atoms with van der Waals surface area (Å²) in [6.07, 6.45) is 6.28. The highest BCUT2D eigenvalue weighted by Crippen LogP contribution is 2.23. The maximum absolute atomic E-state index is 12.7. The lowest BCUT2D eigenvalue weighted by atomic mass is 9.99. The van der Waals surface area contributed by atoms with E-state index in [9.17, 15) is 9.59 Å². The van der Waals surface area contributed by atoms with Gasteiger partial charge in [0.1, 0.15) is 11.5 Å². The molecule has 1 heterocycles. The molecule has 0 aliphatic carbocycles. The number of nitrogens with zero attached hydrogens (tertiary/aromatic N) is 2. The number of carbonyl (C=O) groups is 2. The standard InChI is InChI=1S/C22H36N2O.C8H9NO3.2C2H6.C2H4/c1-5-12-23(13-6-2)21-10-14-24(15-11-21)22(25)17-19-8-9-20(7-3)18(4)16-19;1-5(10)9-6-2-7(11)4-8(12)3-6;3*1-2/h8-9,16,21H,5-7,10-15,17H2,1-4H3;2-4,11-12H,1H3,(H,9,10);2*1-2H3;1-2H2. The Labute approximate surface area is 263 Å². The summed E-state index contributed by atoms with van der Waals surface area (Å²) in [5, 5.41) is 20.4. The number of anilines is 1. The van der Waals surface area contributed by atoms with Gasteiger partial charge in [-0.15, -0.1) is 13.2 Å². The van der Waals surface area contributed by atoms with Gasteiger partial charge in [-0.25, -0.2) is 0 Å². The normalized spacial score (nSPS) is 12.2. The lowest BCUT2D eigenvalue weighted by Gasteiger charge is -2.38. The number of carbonyl (C=O) groups excluding carboxylic acids is 2. The molecule has 2 aromatic carbocycles. The third kappa shape index (κ3) is 16.8. The maximum atomic E-state index is 12.7. The van der Waals surface area contributed by atoms with Crippen LogP contribution in [0.25, 0.3) is 0 Å². The van der Waals surface area contributed by atoms with Crippen LogP contribution < -0.4 is 5.32 Å². The second-order valence-corrected chi connectivity index (χ2v) is 9.86. The summed E-state index contributed by atoms with van der Waals surface area (Å²) in [7, 11) is 0. The van der Waals surface area contributed by atoms with Gasteiger partial charge in [0.25, 0.3) is 0 Å². The first-order valence-corrected chi connectivity index (χ1v) is 16.1. The van der Waals surface area contributed by atoms with Crippen molar-refractivity contribution in [1.82, 2.24) is 9.80 Å². The summed E-state index contributed by atoms with van der Waals surface area (Å²) < 4.78 is 0. The largest absolute Gasteiger partial charge is 0.508 e. The van der Waals surface area contributed by atoms with Crippen molar-refractivity contribution in [2.45, 2.75) is 107 Å². The molecule has 3 N–H and O–H groups in total. The fourth-order valence-corrected chi connectivity index (χ4v) is 4.95. The molecule has 2 aromatic rings. The molecule has 0 atom stereocenters. The Morgan fingerprint density at radius 3 is 1.84 bits per heavy atom. The highest BCUT2D eigenvalue weighted by molar-refractivity contribution is 5.89. The van der Waals surface area contributed by atoms with Gasteiger partial charge in [-0.2, -0.15) is 0 Å². The van der Waals surface area contributed by atoms with Gasteiger partial charge in [0.15, 0.2) is 0 Å². The molecule has 1 aliphatic rings. The van der Waals surface area contributed by atoms with Crippen molar-refractivity contribution >= 4 is 17.5 Å². The Kier molecular flexibility index (Phi) is 24.5. The van der Waals surface area contributed by atoms with Crippen LogP contribution in [0.3, 0.4) is 0 Å². The van der Waals surface area contributed by atoms with Crippen molar-refractivity contribution in [1.29, 1.82) is 0 Å². The van der Waals surface area contributed by atoms with Crippen molar-refractivity contribution < 1.29 is 19.8 Å². The van der Waals surface area contributed by atoms with E-state index in [0.29, 0.717) is 24.1 Å². The first kappa shape index (κ1) is 41.8. The summed E-state index contributed by atoms with van der Waals surface area (Å²) in [4.78, 5) is 27.9. The molecular weight excluding hydrogens is 538 g/mol. The number of aryl methyl sites for hydroxylation is 2. The van der Waals surface area contributed by atoms with Gasteiger partial charge in [-0.05, 0) is 68.8 Å². The smallest absolute Gasteiger partial charge is 0.226 e. The predicted molar refractivity (Wildman–Crippen MR) is 184 cm³/mol. The minimum Gasteiger partial charge on any atom is -0.508 e. The van der Waals surface area contributed by atoms with Crippen LogP contribution in [0, 0.1) is 6.92 Å². The molecule has 0 unspecified atom stereocenters. The Morgan fingerprint density at radius 2 is 1.42 bits per heavy atom. The van der Waals surface area contributed by atoms with Gasteiger partial charge < -0.3 is 25.3 Å². The van der Waals surface area contributed by atoms with E-state index in [1.165, 1.54) is 62.2 Å². The van der Waals surface area contributed by atoms with Crippen molar-refractivity contribution in [3.8, 4) is 11.5 Å². The van der Waals surface area contributed by atoms with Crippen LogP contribution in [-0.4, -0.2) is 64.0 Å². The average molecular weight is 600 g/mol. The number of hydrogen-bond acceptors (Lipinski definition) is 5. The molecule has 0 saturated carbocycles. The highest BCUT2D eigenvalue weighted by Gasteiger charge is 2.26. The molecule has 1 fully saturated rings. The van der Waals surface area contributed by atoms with E-state index in [4.69, 9.17) is 10.2 Å².